The van der Waals surface area contributed by atoms with Gasteiger partial charge >= 0.3 is 0 Å². The number of unbranched alkanes of at least 4 members (excludes halogenated alkanes) is 1. The van der Waals surface area contributed by atoms with E-state index in [4.69, 9.17) is 18.9 Å². The van der Waals surface area contributed by atoms with Crippen LogP contribution in [-0.2, 0) is 0 Å². The first-order chi connectivity index (χ1) is 10.8. The first-order valence-electron chi connectivity index (χ1n) is 7.35. The van der Waals surface area contributed by atoms with Gasteiger partial charge in [0.25, 0.3) is 0 Å². The maximum atomic E-state index is 5.66. The van der Waals surface area contributed by atoms with E-state index in [9.17, 15) is 0 Å². The molecule has 0 N–H and O–H groups in total. The van der Waals surface area contributed by atoms with Crippen LogP contribution in [0.5, 0.6) is 23.0 Å². The molecule has 0 aliphatic rings. The minimum Gasteiger partial charge on any atom is -0.497 e. The second kappa shape index (κ2) is 8.82. The van der Waals surface area contributed by atoms with Crippen molar-refractivity contribution in [1.29, 1.82) is 0 Å². The summed E-state index contributed by atoms with van der Waals surface area (Å²) in [6.45, 7) is 1.36. The van der Waals surface area contributed by atoms with Gasteiger partial charge in [0.1, 0.15) is 23.0 Å². The molecule has 0 saturated heterocycles. The summed E-state index contributed by atoms with van der Waals surface area (Å²) in [4.78, 5) is 0. The van der Waals surface area contributed by atoms with Gasteiger partial charge in [-0.15, -0.1) is 0 Å². The summed E-state index contributed by atoms with van der Waals surface area (Å²) in [5.41, 5.74) is 0. The molecule has 0 aliphatic carbocycles. The molecule has 2 aromatic rings. The van der Waals surface area contributed by atoms with Gasteiger partial charge in [0.05, 0.1) is 27.4 Å². The van der Waals surface area contributed by atoms with E-state index < -0.39 is 0 Å². The highest BCUT2D eigenvalue weighted by molar-refractivity contribution is 5.31. The number of hydrogen-bond donors (Lipinski definition) is 0. The third-order valence-corrected chi connectivity index (χ3v) is 3.20. The van der Waals surface area contributed by atoms with Crippen LogP contribution in [0.1, 0.15) is 12.8 Å². The Bertz CT molecular complexity index is 483. The van der Waals surface area contributed by atoms with Crippen molar-refractivity contribution in [2.24, 2.45) is 0 Å². The van der Waals surface area contributed by atoms with Crippen molar-refractivity contribution in [3.05, 3.63) is 48.5 Å². The minimum atomic E-state index is 0.679. The lowest BCUT2D eigenvalue weighted by atomic mass is 10.3. The van der Waals surface area contributed by atoms with Gasteiger partial charge < -0.3 is 18.9 Å². The molecule has 0 fully saturated rings. The zero-order valence-corrected chi connectivity index (χ0v) is 13.1. The Hall–Kier alpha value is -2.36. The van der Waals surface area contributed by atoms with E-state index in [2.05, 4.69) is 0 Å². The van der Waals surface area contributed by atoms with Gasteiger partial charge in [0.15, 0.2) is 0 Å². The summed E-state index contributed by atoms with van der Waals surface area (Å²) in [7, 11) is 3.30. The Morgan fingerprint density at radius 1 is 0.545 bits per heavy atom. The van der Waals surface area contributed by atoms with Gasteiger partial charge in [-0.2, -0.15) is 0 Å². The fourth-order valence-electron chi connectivity index (χ4n) is 1.93. The standard InChI is InChI=1S/C18H22O4/c1-19-15-5-9-17(10-6-15)21-13-3-4-14-22-18-11-7-16(20-2)8-12-18/h5-12H,3-4,13-14H2,1-2H3. The number of ether oxygens (including phenoxy) is 4. The first kappa shape index (κ1) is 16.0. The molecule has 0 aromatic heterocycles. The highest BCUT2D eigenvalue weighted by Crippen LogP contribution is 2.18. The van der Waals surface area contributed by atoms with Crippen LogP contribution < -0.4 is 18.9 Å². The van der Waals surface area contributed by atoms with Crippen LogP contribution in [0.15, 0.2) is 48.5 Å². The minimum absolute atomic E-state index is 0.679. The monoisotopic (exact) mass is 302 g/mol. The molecule has 22 heavy (non-hydrogen) atoms. The largest absolute Gasteiger partial charge is 0.497 e. The lowest BCUT2D eigenvalue weighted by molar-refractivity contribution is 0.266. The molecule has 0 heterocycles. The molecule has 0 saturated carbocycles. The second-order valence-corrected chi connectivity index (χ2v) is 4.76. The van der Waals surface area contributed by atoms with Gasteiger partial charge in [-0.3, -0.25) is 0 Å². The quantitative estimate of drug-likeness (QED) is 0.657. The molecule has 118 valence electrons. The lowest BCUT2D eigenvalue weighted by Crippen LogP contribution is -2.02. The first-order valence-corrected chi connectivity index (χ1v) is 7.35. The molecule has 0 aliphatic heterocycles. The SMILES string of the molecule is COc1ccc(OCCCCOc2ccc(OC)cc2)cc1. The molecule has 0 unspecified atom stereocenters. The molecule has 4 nitrogen and oxygen atoms in total. The molecule has 4 heteroatoms. The smallest absolute Gasteiger partial charge is 0.119 e. The third kappa shape index (κ3) is 5.20. The van der Waals surface area contributed by atoms with E-state index in [0.717, 1.165) is 35.8 Å². The zero-order valence-electron chi connectivity index (χ0n) is 13.1. The summed E-state index contributed by atoms with van der Waals surface area (Å²) in [6, 6.07) is 15.2. The molecular weight excluding hydrogens is 280 g/mol. The van der Waals surface area contributed by atoms with Gasteiger partial charge in [0, 0.05) is 0 Å². The predicted molar refractivity (Wildman–Crippen MR) is 86.2 cm³/mol. The highest BCUT2D eigenvalue weighted by atomic mass is 16.5. The van der Waals surface area contributed by atoms with Crippen LogP contribution in [0.3, 0.4) is 0 Å². The van der Waals surface area contributed by atoms with E-state index in [0.29, 0.717) is 13.2 Å². The molecule has 0 spiro atoms. The van der Waals surface area contributed by atoms with Crippen LogP contribution in [0.25, 0.3) is 0 Å². The Morgan fingerprint density at radius 2 is 0.864 bits per heavy atom. The Labute approximate surface area is 131 Å². The molecule has 2 aromatic carbocycles. The number of benzene rings is 2. The second-order valence-electron chi connectivity index (χ2n) is 4.76. The van der Waals surface area contributed by atoms with Gasteiger partial charge in [-0.25, -0.2) is 0 Å². The third-order valence-electron chi connectivity index (χ3n) is 3.20. The Kier molecular flexibility index (Phi) is 6.42. The molecule has 0 bridgehead atoms. The van der Waals surface area contributed by atoms with Crippen molar-refractivity contribution in [3.8, 4) is 23.0 Å². The van der Waals surface area contributed by atoms with E-state index in [1.165, 1.54) is 0 Å². The van der Waals surface area contributed by atoms with Crippen LogP contribution >= 0.6 is 0 Å². The van der Waals surface area contributed by atoms with Crippen molar-refractivity contribution in [3.63, 3.8) is 0 Å². The number of rotatable bonds is 9. The summed E-state index contributed by atoms with van der Waals surface area (Å²) in [5.74, 6) is 3.38. The number of methoxy groups -OCH3 is 2. The lowest BCUT2D eigenvalue weighted by Gasteiger charge is -2.08. The number of hydrogen-bond acceptors (Lipinski definition) is 4. The van der Waals surface area contributed by atoms with Crippen LogP contribution in [0.2, 0.25) is 0 Å². The van der Waals surface area contributed by atoms with Crippen molar-refractivity contribution >= 4 is 0 Å². The van der Waals surface area contributed by atoms with E-state index in [1.54, 1.807) is 14.2 Å². The maximum Gasteiger partial charge on any atom is 0.119 e. The van der Waals surface area contributed by atoms with Crippen molar-refractivity contribution in [2.45, 2.75) is 12.8 Å². The van der Waals surface area contributed by atoms with Crippen molar-refractivity contribution in [2.75, 3.05) is 27.4 Å². The van der Waals surface area contributed by atoms with Crippen LogP contribution in [0.4, 0.5) is 0 Å². The summed E-state index contributed by atoms with van der Waals surface area (Å²) < 4.78 is 21.5. The summed E-state index contributed by atoms with van der Waals surface area (Å²) in [5, 5.41) is 0. The normalized spacial score (nSPS) is 10.1. The van der Waals surface area contributed by atoms with Crippen LogP contribution in [-0.4, -0.2) is 27.4 Å². The van der Waals surface area contributed by atoms with Gasteiger partial charge in [-0.05, 0) is 61.4 Å². The van der Waals surface area contributed by atoms with E-state index in [-0.39, 0.29) is 0 Å². The Morgan fingerprint density at radius 3 is 1.18 bits per heavy atom. The fraction of sp³-hybridized carbons (Fsp3) is 0.333. The maximum absolute atomic E-state index is 5.66. The topological polar surface area (TPSA) is 36.9 Å². The zero-order chi connectivity index (χ0) is 15.6. The van der Waals surface area contributed by atoms with Crippen molar-refractivity contribution < 1.29 is 18.9 Å². The van der Waals surface area contributed by atoms with E-state index >= 15 is 0 Å². The van der Waals surface area contributed by atoms with Gasteiger partial charge in [-0.1, -0.05) is 0 Å². The van der Waals surface area contributed by atoms with Crippen molar-refractivity contribution in [1.82, 2.24) is 0 Å². The summed E-state index contributed by atoms with van der Waals surface area (Å²) >= 11 is 0. The predicted octanol–water partition coefficient (Wildman–Crippen LogP) is 3.94. The average molecular weight is 302 g/mol. The Balaban J connectivity index is 1.58. The molecule has 0 amide bonds. The highest BCUT2D eigenvalue weighted by Gasteiger charge is 1.97. The molecule has 2 rings (SSSR count). The molecule has 0 atom stereocenters. The average Bonchev–Trinajstić information content (AvgIpc) is 2.59. The van der Waals surface area contributed by atoms with Crippen LogP contribution in [0, 0.1) is 0 Å². The fourth-order valence-corrected chi connectivity index (χ4v) is 1.93. The molecular formula is C18H22O4. The van der Waals surface area contributed by atoms with E-state index in [1.807, 2.05) is 48.5 Å². The molecule has 0 radical (unpaired) electrons. The van der Waals surface area contributed by atoms with Gasteiger partial charge in [0.2, 0.25) is 0 Å². The summed E-state index contributed by atoms with van der Waals surface area (Å²) in [6.07, 6.45) is 1.89.